The van der Waals surface area contributed by atoms with Crippen molar-refractivity contribution < 1.29 is 9.21 Å². The molecular weight excluding hydrogens is 302 g/mol. The highest BCUT2D eigenvalue weighted by atomic mass is 16.3. The van der Waals surface area contributed by atoms with Crippen molar-refractivity contribution in [3.8, 4) is 0 Å². The monoisotopic (exact) mass is 321 g/mol. The van der Waals surface area contributed by atoms with Crippen molar-refractivity contribution in [2.75, 3.05) is 13.1 Å². The summed E-state index contributed by atoms with van der Waals surface area (Å²) >= 11 is 0. The Balaban J connectivity index is 1.38. The van der Waals surface area contributed by atoms with Gasteiger partial charge < -0.3 is 13.9 Å². The number of rotatable bonds is 3. The first-order chi connectivity index (χ1) is 11.8. The van der Waals surface area contributed by atoms with Crippen LogP contribution in [0, 0.1) is 0 Å². The molecule has 3 aromatic rings. The molecule has 1 fully saturated rings. The predicted octanol–water partition coefficient (Wildman–Crippen LogP) is 3.51. The number of para-hydroxylation sites is 2. The van der Waals surface area contributed by atoms with Gasteiger partial charge >= 0.3 is 0 Å². The van der Waals surface area contributed by atoms with E-state index in [9.17, 15) is 4.79 Å². The lowest BCUT2D eigenvalue weighted by Gasteiger charge is -2.32. The quantitative estimate of drug-likeness (QED) is 0.694. The number of aromatic nitrogens is 2. The van der Waals surface area contributed by atoms with Gasteiger partial charge in [0.25, 0.3) is 0 Å². The number of amides is 1. The van der Waals surface area contributed by atoms with E-state index in [1.807, 2.05) is 41.3 Å². The predicted molar refractivity (Wildman–Crippen MR) is 92.3 cm³/mol. The van der Waals surface area contributed by atoms with E-state index in [-0.39, 0.29) is 5.91 Å². The molecule has 24 heavy (non-hydrogen) atoms. The van der Waals surface area contributed by atoms with E-state index in [0.717, 1.165) is 37.0 Å². The Hall–Kier alpha value is -2.82. The average molecular weight is 321 g/mol. The first-order valence-electron chi connectivity index (χ1n) is 8.24. The zero-order valence-corrected chi connectivity index (χ0v) is 13.3. The first-order valence-corrected chi connectivity index (χ1v) is 8.24. The van der Waals surface area contributed by atoms with Crippen LogP contribution >= 0.6 is 0 Å². The van der Waals surface area contributed by atoms with E-state index >= 15 is 0 Å². The first kappa shape index (κ1) is 14.8. The summed E-state index contributed by atoms with van der Waals surface area (Å²) in [6.45, 7) is 1.55. The van der Waals surface area contributed by atoms with Gasteiger partial charge in [-0.05, 0) is 37.1 Å². The topological polar surface area (TPSA) is 51.3 Å². The summed E-state index contributed by atoms with van der Waals surface area (Å²) in [5.74, 6) is 0.481. The van der Waals surface area contributed by atoms with Crippen LogP contribution in [-0.2, 0) is 4.79 Å². The van der Waals surface area contributed by atoms with E-state index < -0.39 is 0 Å². The van der Waals surface area contributed by atoms with E-state index in [2.05, 4.69) is 21.9 Å². The molecule has 5 heteroatoms. The molecule has 1 aliphatic rings. The van der Waals surface area contributed by atoms with Crippen molar-refractivity contribution in [3.05, 3.63) is 60.8 Å². The number of piperidine rings is 1. The molecule has 0 unspecified atom stereocenters. The molecule has 0 radical (unpaired) electrons. The number of carbonyl (C=O) groups is 1. The Morgan fingerprint density at radius 2 is 1.88 bits per heavy atom. The smallest absolute Gasteiger partial charge is 0.246 e. The largest absolute Gasteiger partial charge is 0.437 e. The second-order valence-electron chi connectivity index (χ2n) is 6.04. The van der Waals surface area contributed by atoms with Gasteiger partial charge in [0.05, 0.1) is 0 Å². The van der Waals surface area contributed by atoms with Crippen molar-refractivity contribution in [3.63, 3.8) is 0 Å². The summed E-state index contributed by atoms with van der Waals surface area (Å²) in [6.07, 6.45) is 9.36. The van der Waals surface area contributed by atoms with Crippen LogP contribution in [0.2, 0.25) is 0 Å². The number of benzene rings is 1. The van der Waals surface area contributed by atoms with Crippen LogP contribution in [-0.4, -0.2) is 33.4 Å². The highest BCUT2D eigenvalue weighted by Gasteiger charge is 2.22. The van der Waals surface area contributed by atoms with Gasteiger partial charge in [-0.2, -0.15) is 0 Å². The van der Waals surface area contributed by atoms with E-state index in [4.69, 9.17) is 4.42 Å². The van der Waals surface area contributed by atoms with Gasteiger partial charge in [-0.3, -0.25) is 4.79 Å². The molecule has 1 amide bonds. The molecule has 2 aromatic heterocycles. The molecule has 3 heterocycles. The van der Waals surface area contributed by atoms with Gasteiger partial charge in [0.1, 0.15) is 5.52 Å². The molecule has 0 bridgehead atoms. The number of fused-ring (bicyclic) bond motifs is 1. The van der Waals surface area contributed by atoms with Crippen molar-refractivity contribution in [2.24, 2.45) is 0 Å². The molecular formula is C19H19N3O2. The third-order valence-electron chi connectivity index (χ3n) is 4.50. The van der Waals surface area contributed by atoms with Crippen LogP contribution in [0.4, 0.5) is 0 Å². The summed E-state index contributed by atoms with van der Waals surface area (Å²) < 4.78 is 7.83. The lowest BCUT2D eigenvalue weighted by atomic mass is 10.0. The van der Waals surface area contributed by atoms with Gasteiger partial charge in [-0.15, -0.1) is 0 Å². The molecule has 4 rings (SSSR count). The highest BCUT2D eigenvalue weighted by molar-refractivity contribution is 5.91. The minimum absolute atomic E-state index is 0.0169. The van der Waals surface area contributed by atoms with Crippen LogP contribution in [0.5, 0.6) is 0 Å². The molecule has 0 aliphatic carbocycles. The third kappa shape index (κ3) is 2.97. The second-order valence-corrected chi connectivity index (χ2v) is 6.04. The Labute approximate surface area is 140 Å². The number of oxazole rings is 1. The Kier molecular flexibility index (Phi) is 3.91. The van der Waals surface area contributed by atoms with Crippen LogP contribution in [0.1, 0.15) is 24.8 Å². The molecule has 1 saturated heterocycles. The fourth-order valence-electron chi connectivity index (χ4n) is 3.18. The van der Waals surface area contributed by atoms with Crippen LogP contribution in [0.3, 0.4) is 0 Å². The number of hydrogen-bond acceptors (Lipinski definition) is 3. The van der Waals surface area contributed by atoms with Crippen molar-refractivity contribution in [1.82, 2.24) is 14.5 Å². The lowest BCUT2D eigenvalue weighted by molar-refractivity contribution is -0.127. The maximum atomic E-state index is 12.3. The zero-order chi connectivity index (χ0) is 16.4. The van der Waals surface area contributed by atoms with E-state index in [0.29, 0.717) is 11.9 Å². The molecule has 0 saturated carbocycles. The number of likely N-dealkylation sites (tertiary alicyclic amines) is 1. The van der Waals surface area contributed by atoms with Gasteiger partial charge in [0, 0.05) is 43.7 Å². The van der Waals surface area contributed by atoms with Gasteiger partial charge in [-0.1, -0.05) is 12.1 Å². The average Bonchev–Trinajstić information content (AvgIpc) is 3.29. The maximum absolute atomic E-state index is 12.3. The summed E-state index contributed by atoms with van der Waals surface area (Å²) in [4.78, 5) is 18.6. The van der Waals surface area contributed by atoms with Gasteiger partial charge in [0.2, 0.25) is 11.8 Å². The number of nitrogens with zero attached hydrogens (tertiary/aromatic N) is 3. The SMILES string of the molecule is O=C(/C=C\c1nc2ccccc2o1)N1CCC(n2cccc2)CC1. The van der Waals surface area contributed by atoms with Crippen LogP contribution in [0.15, 0.2) is 59.3 Å². The van der Waals surface area contributed by atoms with E-state index in [1.54, 1.807) is 12.2 Å². The molecule has 5 nitrogen and oxygen atoms in total. The summed E-state index contributed by atoms with van der Waals surface area (Å²) in [5, 5.41) is 0. The fourth-order valence-corrected chi connectivity index (χ4v) is 3.18. The zero-order valence-electron chi connectivity index (χ0n) is 13.3. The highest BCUT2D eigenvalue weighted by Crippen LogP contribution is 2.23. The molecule has 1 aromatic carbocycles. The van der Waals surface area contributed by atoms with Crippen molar-refractivity contribution in [1.29, 1.82) is 0 Å². The van der Waals surface area contributed by atoms with Crippen molar-refractivity contribution >= 4 is 23.1 Å². The molecule has 122 valence electrons. The molecule has 0 N–H and O–H groups in total. The molecule has 0 atom stereocenters. The minimum Gasteiger partial charge on any atom is -0.437 e. The molecule has 1 aliphatic heterocycles. The maximum Gasteiger partial charge on any atom is 0.246 e. The number of carbonyl (C=O) groups excluding carboxylic acids is 1. The second kappa shape index (κ2) is 6.35. The van der Waals surface area contributed by atoms with Gasteiger partial charge in [0.15, 0.2) is 5.58 Å². The Morgan fingerprint density at radius 3 is 2.62 bits per heavy atom. The minimum atomic E-state index is 0.0169. The number of hydrogen-bond donors (Lipinski definition) is 0. The van der Waals surface area contributed by atoms with Crippen LogP contribution in [0.25, 0.3) is 17.2 Å². The summed E-state index contributed by atoms with van der Waals surface area (Å²) in [5.41, 5.74) is 1.54. The standard InChI is InChI=1S/C19H19N3O2/c23-19(8-7-18-20-16-5-1-2-6-17(16)24-18)22-13-9-15(10-14-22)21-11-3-4-12-21/h1-8,11-12,15H,9-10,13-14H2/b8-7-. The summed E-state index contributed by atoms with van der Waals surface area (Å²) in [7, 11) is 0. The molecule has 0 spiro atoms. The normalized spacial score (nSPS) is 16.2. The van der Waals surface area contributed by atoms with Crippen LogP contribution < -0.4 is 0 Å². The van der Waals surface area contributed by atoms with E-state index in [1.165, 1.54) is 0 Å². The summed E-state index contributed by atoms with van der Waals surface area (Å²) in [6, 6.07) is 12.2. The van der Waals surface area contributed by atoms with Crippen molar-refractivity contribution in [2.45, 2.75) is 18.9 Å². The fraction of sp³-hybridized carbons (Fsp3) is 0.263. The third-order valence-corrected chi connectivity index (χ3v) is 4.50. The Bertz CT molecular complexity index is 823. The van der Waals surface area contributed by atoms with Gasteiger partial charge in [-0.25, -0.2) is 4.98 Å². The lowest BCUT2D eigenvalue weighted by Crippen LogP contribution is -2.37. The Morgan fingerprint density at radius 1 is 1.12 bits per heavy atom.